The molecule has 0 saturated heterocycles. The summed E-state index contributed by atoms with van der Waals surface area (Å²) in [5, 5.41) is 12.4. The minimum absolute atomic E-state index is 0.0826. The van der Waals surface area contributed by atoms with Crippen LogP contribution in [0.4, 0.5) is 11.4 Å². The van der Waals surface area contributed by atoms with E-state index in [0.717, 1.165) is 0 Å². The zero-order valence-corrected chi connectivity index (χ0v) is 11.0. The van der Waals surface area contributed by atoms with Crippen molar-refractivity contribution in [3.63, 3.8) is 0 Å². The van der Waals surface area contributed by atoms with E-state index in [0.29, 0.717) is 12.2 Å². The lowest BCUT2D eigenvalue weighted by Crippen LogP contribution is -2.19. The highest BCUT2D eigenvalue weighted by Crippen LogP contribution is 2.25. The number of aromatic hydroxyl groups is 1. The Balaban J connectivity index is 2.28. The first kappa shape index (κ1) is 13.7. The van der Waals surface area contributed by atoms with Gasteiger partial charge < -0.3 is 20.7 Å². The summed E-state index contributed by atoms with van der Waals surface area (Å²) >= 11 is 0. The fraction of sp³-hybridized carbons (Fsp3) is 0.143. The number of pyridine rings is 1. The van der Waals surface area contributed by atoms with Crippen LogP contribution in [0.15, 0.2) is 41.3 Å². The van der Waals surface area contributed by atoms with Gasteiger partial charge in [-0.25, -0.2) is 0 Å². The second kappa shape index (κ2) is 5.48. The average Bonchev–Trinajstić information content (AvgIpc) is 2.43. The molecule has 0 atom stereocenters. The van der Waals surface area contributed by atoms with E-state index >= 15 is 0 Å². The highest BCUT2D eigenvalue weighted by molar-refractivity contribution is 6.07. The molecular formula is C14H15N3O3. The number of nitrogen functional groups attached to an aromatic ring is 1. The zero-order valence-electron chi connectivity index (χ0n) is 11.0. The number of para-hydroxylation sites is 1. The highest BCUT2D eigenvalue weighted by atomic mass is 16.3. The Hall–Kier alpha value is -2.76. The van der Waals surface area contributed by atoms with E-state index in [4.69, 9.17) is 5.73 Å². The maximum Gasteiger partial charge on any atom is 0.259 e. The van der Waals surface area contributed by atoms with Gasteiger partial charge in [0.1, 0.15) is 0 Å². The maximum absolute atomic E-state index is 12.1. The predicted molar refractivity (Wildman–Crippen MR) is 76.8 cm³/mol. The smallest absolute Gasteiger partial charge is 0.259 e. The Bertz CT molecular complexity index is 707. The SMILES string of the molecule is CCn1cc(NC(=O)c2cccc(N)c2O)ccc1=O. The van der Waals surface area contributed by atoms with Gasteiger partial charge in [0, 0.05) is 18.8 Å². The molecule has 1 aromatic carbocycles. The van der Waals surface area contributed by atoms with Gasteiger partial charge in [0.2, 0.25) is 0 Å². The van der Waals surface area contributed by atoms with Crippen LogP contribution in [0.2, 0.25) is 0 Å². The van der Waals surface area contributed by atoms with Crippen LogP contribution in [0.3, 0.4) is 0 Å². The first-order valence-corrected chi connectivity index (χ1v) is 6.12. The van der Waals surface area contributed by atoms with Crippen molar-refractivity contribution in [3.8, 4) is 5.75 Å². The molecule has 0 unspecified atom stereocenters. The number of nitrogens with two attached hydrogens (primary N) is 1. The quantitative estimate of drug-likeness (QED) is 0.581. The number of anilines is 2. The molecule has 1 heterocycles. The van der Waals surface area contributed by atoms with Crippen molar-refractivity contribution in [2.75, 3.05) is 11.1 Å². The van der Waals surface area contributed by atoms with Gasteiger partial charge in [-0.2, -0.15) is 0 Å². The lowest BCUT2D eigenvalue weighted by Gasteiger charge is -2.09. The summed E-state index contributed by atoms with van der Waals surface area (Å²) < 4.78 is 1.47. The van der Waals surface area contributed by atoms with E-state index in [1.165, 1.54) is 28.8 Å². The molecule has 6 nitrogen and oxygen atoms in total. The number of hydrogen-bond acceptors (Lipinski definition) is 4. The van der Waals surface area contributed by atoms with Gasteiger partial charge in [0.25, 0.3) is 11.5 Å². The molecule has 0 radical (unpaired) electrons. The van der Waals surface area contributed by atoms with Crippen molar-refractivity contribution < 1.29 is 9.90 Å². The number of nitrogens with one attached hydrogen (secondary N) is 1. The number of phenols is 1. The topological polar surface area (TPSA) is 97.3 Å². The zero-order chi connectivity index (χ0) is 14.7. The maximum atomic E-state index is 12.1. The number of amides is 1. The van der Waals surface area contributed by atoms with Crippen molar-refractivity contribution >= 4 is 17.3 Å². The number of rotatable bonds is 3. The molecule has 0 fully saturated rings. The van der Waals surface area contributed by atoms with E-state index in [2.05, 4.69) is 5.32 Å². The van der Waals surface area contributed by atoms with Crippen molar-refractivity contribution in [3.05, 3.63) is 52.4 Å². The van der Waals surface area contributed by atoms with E-state index in [9.17, 15) is 14.7 Å². The fourth-order valence-electron chi connectivity index (χ4n) is 1.80. The van der Waals surface area contributed by atoms with Crippen LogP contribution in [0.25, 0.3) is 0 Å². The number of aromatic nitrogens is 1. The monoisotopic (exact) mass is 273 g/mol. The molecule has 2 aromatic rings. The summed E-state index contributed by atoms with van der Waals surface area (Å²) in [7, 11) is 0. The minimum Gasteiger partial charge on any atom is -0.505 e. The summed E-state index contributed by atoms with van der Waals surface area (Å²) in [6.07, 6.45) is 1.55. The largest absolute Gasteiger partial charge is 0.505 e. The Kier molecular flexibility index (Phi) is 3.74. The van der Waals surface area contributed by atoms with Crippen LogP contribution >= 0.6 is 0 Å². The van der Waals surface area contributed by atoms with Crippen molar-refractivity contribution in [1.29, 1.82) is 0 Å². The van der Waals surface area contributed by atoms with Crippen LogP contribution in [0, 0.1) is 0 Å². The van der Waals surface area contributed by atoms with Crippen molar-refractivity contribution in [2.24, 2.45) is 0 Å². The summed E-state index contributed by atoms with van der Waals surface area (Å²) in [5.41, 5.74) is 6.09. The minimum atomic E-state index is -0.490. The molecule has 1 amide bonds. The molecule has 0 spiro atoms. The van der Waals surface area contributed by atoms with Crippen LogP contribution < -0.4 is 16.6 Å². The first-order valence-electron chi connectivity index (χ1n) is 6.12. The van der Waals surface area contributed by atoms with Crippen LogP contribution in [0.5, 0.6) is 5.75 Å². The van der Waals surface area contributed by atoms with Gasteiger partial charge in [-0.3, -0.25) is 9.59 Å². The van der Waals surface area contributed by atoms with Gasteiger partial charge >= 0.3 is 0 Å². The molecule has 4 N–H and O–H groups in total. The average molecular weight is 273 g/mol. The molecular weight excluding hydrogens is 258 g/mol. The Morgan fingerprint density at radius 2 is 2.10 bits per heavy atom. The second-order valence-corrected chi connectivity index (χ2v) is 4.24. The number of benzene rings is 1. The van der Waals surface area contributed by atoms with Gasteiger partial charge in [0.15, 0.2) is 5.75 Å². The normalized spacial score (nSPS) is 10.2. The fourth-order valence-corrected chi connectivity index (χ4v) is 1.80. The third-order valence-corrected chi connectivity index (χ3v) is 2.89. The summed E-state index contributed by atoms with van der Waals surface area (Å²) in [6.45, 7) is 2.34. The molecule has 20 heavy (non-hydrogen) atoms. The van der Waals surface area contributed by atoms with Crippen molar-refractivity contribution in [1.82, 2.24) is 4.57 Å². The van der Waals surface area contributed by atoms with Crippen molar-refractivity contribution in [2.45, 2.75) is 13.5 Å². The highest BCUT2D eigenvalue weighted by Gasteiger charge is 2.13. The number of nitrogens with zero attached hydrogens (tertiary/aromatic N) is 1. The molecule has 0 bridgehead atoms. The number of carbonyl (C=O) groups is 1. The Labute approximate surface area is 115 Å². The van der Waals surface area contributed by atoms with E-state index in [1.807, 2.05) is 6.92 Å². The third-order valence-electron chi connectivity index (χ3n) is 2.89. The first-order chi connectivity index (χ1) is 9.52. The number of phenolic OH excluding ortho intramolecular Hbond substituents is 1. The molecule has 0 aliphatic rings. The third kappa shape index (κ3) is 2.64. The summed E-state index contributed by atoms with van der Waals surface area (Å²) in [6, 6.07) is 7.44. The molecule has 1 aromatic heterocycles. The molecule has 104 valence electrons. The molecule has 0 saturated carbocycles. The molecule has 6 heteroatoms. The number of carbonyl (C=O) groups excluding carboxylic acids is 1. The van der Waals surface area contributed by atoms with Crippen LogP contribution in [0.1, 0.15) is 17.3 Å². The lowest BCUT2D eigenvalue weighted by atomic mass is 10.1. The Morgan fingerprint density at radius 3 is 2.80 bits per heavy atom. The van der Waals surface area contributed by atoms with Gasteiger partial charge in [-0.1, -0.05) is 6.07 Å². The van der Waals surface area contributed by atoms with Gasteiger partial charge in [0.05, 0.1) is 16.9 Å². The number of aryl methyl sites for hydroxylation is 1. The molecule has 0 aliphatic carbocycles. The predicted octanol–water partition coefficient (Wildman–Crippen LogP) is 1.41. The standard InChI is InChI=1S/C14H15N3O3/c1-2-17-8-9(6-7-12(17)18)16-14(20)10-4-3-5-11(15)13(10)19/h3-8,19H,2,15H2,1H3,(H,16,20). The van der Waals surface area contributed by atoms with Gasteiger partial charge in [-0.15, -0.1) is 0 Å². The summed E-state index contributed by atoms with van der Waals surface area (Å²) in [4.78, 5) is 23.5. The second-order valence-electron chi connectivity index (χ2n) is 4.24. The number of hydrogen-bond donors (Lipinski definition) is 3. The summed E-state index contributed by atoms with van der Waals surface area (Å²) in [5.74, 6) is -0.745. The van der Waals surface area contributed by atoms with Gasteiger partial charge in [-0.05, 0) is 25.1 Å². The lowest BCUT2D eigenvalue weighted by molar-refractivity contribution is 0.102. The molecule has 2 rings (SSSR count). The van der Waals surface area contributed by atoms with E-state index < -0.39 is 5.91 Å². The van der Waals surface area contributed by atoms with Crippen LogP contribution in [-0.2, 0) is 6.54 Å². The Morgan fingerprint density at radius 1 is 1.35 bits per heavy atom. The van der Waals surface area contributed by atoms with E-state index in [1.54, 1.807) is 12.3 Å². The van der Waals surface area contributed by atoms with Crippen LogP contribution in [-0.4, -0.2) is 15.6 Å². The molecule has 0 aliphatic heterocycles. The van der Waals surface area contributed by atoms with E-state index in [-0.39, 0.29) is 22.6 Å².